The number of benzene rings is 2. The van der Waals surface area contributed by atoms with E-state index in [0.717, 1.165) is 32.6 Å². The number of anilines is 1. The molecule has 0 saturated heterocycles. The summed E-state index contributed by atoms with van der Waals surface area (Å²) in [7, 11) is -3.75. The quantitative estimate of drug-likeness (QED) is 0.452. The molecule has 0 radical (unpaired) electrons. The van der Waals surface area contributed by atoms with Crippen molar-refractivity contribution in [1.29, 1.82) is 0 Å². The summed E-state index contributed by atoms with van der Waals surface area (Å²) in [5.74, 6) is -0.687. The molecule has 2 rings (SSSR count). The highest BCUT2D eigenvalue weighted by atomic mass is 79.9. The molecule has 2 aromatic carbocycles. The van der Waals surface area contributed by atoms with Crippen LogP contribution in [0.5, 0.6) is 0 Å². The van der Waals surface area contributed by atoms with Crippen LogP contribution in [0.15, 0.2) is 53.0 Å². The normalized spacial score (nSPS) is 13.1. The first kappa shape index (κ1) is 27.9. The second kappa shape index (κ2) is 12.4. The van der Waals surface area contributed by atoms with Crippen LogP contribution in [0.3, 0.4) is 0 Å². The van der Waals surface area contributed by atoms with Gasteiger partial charge in [-0.05, 0) is 56.0 Å². The molecule has 7 nitrogen and oxygen atoms in total. The highest BCUT2D eigenvalue weighted by molar-refractivity contribution is 9.10. The zero-order chi connectivity index (χ0) is 25.5. The molecule has 1 N–H and O–H groups in total. The average Bonchev–Trinajstić information content (AvgIpc) is 2.78. The van der Waals surface area contributed by atoms with Crippen molar-refractivity contribution in [1.82, 2.24) is 10.2 Å². The average molecular weight is 553 g/mol. The van der Waals surface area contributed by atoms with E-state index < -0.39 is 28.5 Å². The molecule has 34 heavy (non-hydrogen) atoms. The third kappa shape index (κ3) is 7.56. The number of hydrogen-bond acceptors (Lipinski definition) is 4. The molecule has 0 spiro atoms. The number of halogens is 1. The lowest BCUT2D eigenvalue weighted by Gasteiger charge is -2.33. The van der Waals surface area contributed by atoms with Gasteiger partial charge in [-0.2, -0.15) is 0 Å². The van der Waals surface area contributed by atoms with Crippen LogP contribution in [0.25, 0.3) is 0 Å². The van der Waals surface area contributed by atoms with Crippen LogP contribution < -0.4 is 9.62 Å². The molecule has 2 atom stereocenters. The standard InChI is InChI=1S/C25H34BrN3O4S/c1-6-19(4)27-25(31)23(7-2)28(16-20-11-9-8-10-12-20)24(30)17-29(34(5,32)33)21-13-14-22(26)18(3)15-21/h8-15,19,23H,6-7,16-17H2,1-5H3,(H,27,31)/t19-,23-/m1/s1. The van der Waals surface area contributed by atoms with Gasteiger partial charge in [0.05, 0.1) is 11.9 Å². The van der Waals surface area contributed by atoms with Crippen molar-refractivity contribution in [2.45, 2.75) is 59.2 Å². The third-order valence-electron chi connectivity index (χ3n) is 5.69. The summed E-state index contributed by atoms with van der Waals surface area (Å²) in [6.07, 6.45) is 2.24. The van der Waals surface area contributed by atoms with E-state index in [0.29, 0.717) is 12.1 Å². The number of hydrogen-bond donors (Lipinski definition) is 1. The zero-order valence-corrected chi connectivity index (χ0v) is 22.8. The lowest BCUT2D eigenvalue weighted by atomic mass is 10.1. The van der Waals surface area contributed by atoms with Gasteiger partial charge in [0.15, 0.2) is 0 Å². The smallest absolute Gasteiger partial charge is 0.244 e. The summed E-state index contributed by atoms with van der Waals surface area (Å²) < 4.78 is 27.3. The Kier molecular flexibility index (Phi) is 10.1. The van der Waals surface area contributed by atoms with Crippen LogP contribution in [0.2, 0.25) is 0 Å². The Hall–Kier alpha value is -2.39. The summed E-state index contributed by atoms with van der Waals surface area (Å²) in [4.78, 5) is 28.2. The molecule has 0 bridgehead atoms. The summed E-state index contributed by atoms with van der Waals surface area (Å²) in [5, 5.41) is 2.96. The Morgan fingerprint density at radius 3 is 2.24 bits per heavy atom. The second-order valence-electron chi connectivity index (χ2n) is 8.45. The maximum atomic E-state index is 13.6. The van der Waals surface area contributed by atoms with Gasteiger partial charge in [0.2, 0.25) is 21.8 Å². The van der Waals surface area contributed by atoms with Gasteiger partial charge in [0.25, 0.3) is 0 Å². The number of carbonyl (C=O) groups excluding carboxylic acids is 2. The molecule has 186 valence electrons. The second-order valence-corrected chi connectivity index (χ2v) is 11.2. The molecule has 0 fully saturated rings. The first-order chi connectivity index (χ1) is 16.0. The lowest BCUT2D eigenvalue weighted by Crippen LogP contribution is -2.53. The summed E-state index contributed by atoms with van der Waals surface area (Å²) in [6.45, 7) is 7.38. The largest absolute Gasteiger partial charge is 0.352 e. The van der Waals surface area contributed by atoms with Crippen LogP contribution in [0, 0.1) is 6.92 Å². The van der Waals surface area contributed by atoms with Crippen LogP contribution in [-0.2, 0) is 26.2 Å². The highest BCUT2D eigenvalue weighted by Crippen LogP contribution is 2.25. The fourth-order valence-corrected chi connectivity index (χ4v) is 4.63. The molecule has 0 unspecified atom stereocenters. The van der Waals surface area contributed by atoms with Crippen LogP contribution in [-0.4, -0.2) is 50.0 Å². The van der Waals surface area contributed by atoms with E-state index in [1.54, 1.807) is 18.2 Å². The number of sulfonamides is 1. The molecular formula is C25H34BrN3O4S. The number of aryl methyl sites for hydroxylation is 1. The summed E-state index contributed by atoms with van der Waals surface area (Å²) >= 11 is 3.42. The van der Waals surface area contributed by atoms with Crippen LogP contribution >= 0.6 is 15.9 Å². The molecule has 9 heteroatoms. The number of amides is 2. The number of nitrogens with zero attached hydrogens (tertiary/aromatic N) is 2. The molecule has 2 aromatic rings. The first-order valence-corrected chi connectivity index (χ1v) is 14.0. The van der Waals surface area contributed by atoms with E-state index in [9.17, 15) is 18.0 Å². The van der Waals surface area contributed by atoms with Gasteiger partial charge in [-0.25, -0.2) is 8.42 Å². The Balaban J connectivity index is 2.43. The maximum absolute atomic E-state index is 13.6. The Morgan fingerprint density at radius 2 is 1.71 bits per heavy atom. The van der Waals surface area contributed by atoms with Crippen molar-refractivity contribution in [3.8, 4) is 0 Å². The van der Waals surface area contributed by atoms with Crippen LogP contribution in [0.4, 0.5) is 5.69 Å². The topological polar surface area (TPSA) is 86.8 Å². The molecule has 0 heterocycles. The lowest BCUT2D eigenvalue weighted by molar-refractivity contribution is -0.140. The van der Waals surface area contributed by atoms with Crippen molar-refractivity contribution < 1.29 is 18.0 Å². The van der Waals surface area contributed by atoms with Crippen molar-refractivity contribution in [2.75, 3.05) is 17.1 Å². The van der Waals surface area contributed by atoms with Crippen molar-refractivity contribution in [2.24, 2.45) is 0 Å². The van der Waals surface area contributed by atoms with E-state index >= 15 is 0 Å². The van der Waals surface area contributed by atoms with Gasteiger partial charge < -0.3 is 10.2 Å². The highest BCUT2D eigenvalue weighted by Gasteiger charge is 2.32. The molecule has 0 saturated carbocycles. The summed E-state index contributed by atoms with van der Waals surface area (Å²) in [5.41, 5.74) is 2.10. The predicted octanol–water partition coefficient (Wildman–Crippen LogP) is 4.25. The van der Waals surface area contributed by atoms with Gasteiger partial charge >= 0.3 is 0 Å². The van der Waals surface area contributed by atoms with E-state index in [2.05, 4.69) is 21.2 Å². The zero-order valence-electron chi connectivity index (χ0n) is 20.4. The fraction of sp³-hybridized carbons (Fsp3) is 0.440. The first-order valence-electron chi connectivity index (χ1n) is 11.4. The molecule has 2 amide bonds. The van der Waals surface area contributed by atoms with Crippen molar-refractivity contribution in [3.63, 3.8) is 0 Å². The fourth-order valence-electron chi connectivity index (χ4n) is 3.54. The van der Waals surface area contributed by atoms with Crippen molar-refractivity contribution in [3.05, 3.63) is 64.1 Å². The monoisotopic (exact) mass is 551 g/mol. The molecule has 0 aromatic heterocycles. The molecule has 0 aliphatic heterocycles. The molecule has 0 aliphatic carbocycles. The molecule has 0 aliphatic rings. The van der Waals surface area contributed by atoms with Gasteiger partial charge in [0.1, 0.15) is 12.6 Å². The van der Waals surface area contributed by atoms with E-state index in [4.69, 9.17) is 0 Å². The van der Waals surface area contributed by atoms with Gasteiger partial charge in [-0.1, -0.05) is 60.1 Å². The minimum absolute atomic E-state index is 0.0338. The summed E-state index contributed by atoms with van der Waals surface area (Å²) in [6, 6.07) is 13.7. The predicted molar refractivity (Wildman–Crippen MR) is 140 cm³/mol. The van der Waals surface area contributed by atoms with Gasteiger partial charge in [-0.15, -0.1) is 0 Å². The van der Waals surface area contributed by atoms with Crippen molar-refractivity contribution >= 4 is 43.5 Å². The number of nitrogens with one attached hydrogen (secondary N) is 1. The SMILES string of the molecule is CC[C@@H](C)NC(=O)[C@@H](CC)N(Cc1ccccc1)C(=O)CN(c1ccc(Br)c(C)c1)S(C)(=O)=O. The van der Waals surface area contributed by atoms with Gasteiger partial charge in [0, 0.05) is 17.1 Å². The van der Waals surface area contributed by atoms with E-state index in [1.807, 2.05) is 58.0 Å². The Bertz CT molecular complexity index is 1090. The van der Waals surface area contributed by atoms with E-state index in [1.165, 1.54) is 4.90 Å². The van der Waals surface area contributed by atoms with Gasteiger partial charge in [-0.3, -0.25) is 13.9 Å². The minimum atomic E-state index is -3.75. The van der Waals surface area contributed by atoms with E-state index in [-0.39, 0.29) is 18.5 Å². The minimum Gasteiger partial charge on any atom is -0.352 e. The van der Waals surface area contributed by atoms with Crippen LogP contribution in [0.1, 0.15) is 44.7 Å². The Morgan fingerprint density at radius 1 is 1.06 bits per heavy atom. The number of rotatable bonds is 11. The molecular weight excluding hydrogens is 518 g/mol. The number of carbonyl (C=O) groups is 2. The Labute approximate surface area is 211 Å². The third-order valence-corrected chi connectivity index (χ3v) is 7.72. The maximum Gasteiger partial charge on any atom is 0.244 e.